The van der Waals surface area contributed by atoms with E-state index in [1.165, 1.54) is 11.1 Å². The van der Waals surface area contributed by atoms with Crippen LogP contribution in [0.1, 0.15) is 50.3 Å². The number of aryl methyl sites for hydroxylation is 1. The maximum Gasteiger partial charge on any atom is 0.243 e. The van der Waals surface area contributed by atoms with Gasteiger partial charge in [0.2, 0.25) is 11.8 Å². The molecule has 2 amide bonds. The number of hydrogen-bond donors (Lipinski definition) is 2. The third-order valence-corrected chi connectivity index (χ3v) is 3.84. The van der Waals surface area contributed by atoms with Crippen LogP contribution in [-0.2, 0) is 16.0 Å². The van der Waals surface area contributed by atoms with E-state index in [9.17, 15) is 9.59 Å². The van der Waals surface area contributed by atoms with E-state index in [0.29, 0.717) is 12.8 Å². The van der Waals surface area contributed by atoms with Crippen LogP contribution in [0, 0.1) is 0 Å². The molecular weight excluding hydrogens is 252 g/mol. The van der Waals surface area contributed by atoms with Gasteiger partial charge >= 0.3 is 0 Å². The predicted molar refractivity (Wildman–Crippen MR) is 78.2 cm³/mol. The summed E-state index contributed by atoms with van der Waals surface area (Å²) in [6, 6.07) is 8.36. The van der Waals surface area contributed by atoms with Crippen molar-refractivity contribution in [2.75, 3.05) is 0 Å². The maximum atomic E-state index is 11.8. The first-order valence-electron chi connectivity index (χ1n) is 7.32. The van der Waals surface area contributed by atoms with E-state index >= 15 is 0 Å². The molecule has 2 atom stereocenters. The van der Waals surface area contributed by atoms with Gasteiger partial charge in [0.15, 0.2) is 0 Å². The quantitative estimate of drug-likeness (QED) is 0.808. The molecule has 2 unspecified atom stereocenters. The summed E-state index contributed by atoms with van der Waals surface area (Å²) in [7, 11) is 0. The fourth-order valence-corrected chi connectivity index (χ4v) is 2.53. The first-order chi connectivity index (χ1) is 9.63. The predicted octanol–water partition coefficient (Wildman–Crippen LogP) is 2.09. The highest BCUT2D eigenvalue weighted by molar-refractivity contribution is 6.00. The van der Waals surface area contributed by atoms with Crippen molar-refractivity contribution in [3.05, 3.63) is 35.4 Å². The number of nitrogens with one attached hydrogen (secondary N) is 2. The summed E-state index contributed by atoms with van der Waals surface area (Å²) < 4.78 is 0. The molecule has 0 spiro atoms. The highest BCUT2D eigenvalue weighted by Gasteiger charge is 2.28. The number of imide groups is 1. The summed E-state index contributed by atoms with van der Waals surface area (Å²) >= 11 is 0. The van der Waals surface area contributed by atoms with Gasteiger partial charge in [0.1, 0.15) is 0 Å². The van der Waals surface area contributed by atoms with Crippen molar-refractivity contribution in [3.63, 3.8) is 0 Å². The number of benzene rings is 1. The molecule has 2 rings (SSSR count). The number of carbonyl (C=O) groups is 2. The van der Waals surface area contributed by atoms with Crippen LogP contribution < -0.4 is 10.6 Å². The van der Waals surface area contributed by atoms with Crippen LogP contribution in [0.4, 0.5) is 0 Å². The molecule has 1 aromatic carbocycles. The van der Waals surface area contributed by atoms with E-state index in [0.717, 1.165) is 12.8 Å². The number of carbonyl (C=O) groups excluding carboxylic acids is 2. The molecule has 0 aromatic heterocycles. The molecule has 1 saturated heterocycles. The second kappa shape index (κ2) is 6.66. The van der Waals surface area contributed by atoms with E-state index in [1.54, 1.807) is 0 Å². The van der Waals surface area contributed by atoms with Gasteiger partial charge < -0.3 is 0 Å². The lowest BCUT2D eigenvalue weighted by atomic mass is 9.99. The Morgan fingerprint density at radius 2 is 1.95 bits per heavy atom. The smallest absolute Gasteiger partial charge is 0.243 e. The Kier molecular flexibility index (Phi) is 4.90. The van der Waals surface area contributed by atoms with Crippen LogP contribution in [0.25, 0.3) is 0 Å². The summed E-state index contributed by atoms with van der Waals surface area (Å²) in [5.41, 5.74) is 2.50. The summed E-state index contributed by atoms with van der Waals surface area (Å²) in [6.07, 6.45) is 2.92. The van der Waals surface area contributed by atoms with Crippen molar-refractivity contribution in [1.29, 1.82) is 0 Å². The Hall–Kier alpha value is -1.68. The third-order valence-electron chi connectivity index (χ3n) is 3.84. The summed E-state index contributed by atoms with van der Waals surface area (Å²) in [5, 5.41) is 5.75. The fourth-order valence-electron chi connectivity index (χ4n) is 2.53. The van der Waals surface area contributed by atoms with Crippen LogP contribution >= 0.6 is 0 Å². The minimum atomic E-state index is -0.275. The normalized spacial score (nSPS) is 20.6. The second-order valence-electron chi connectivity index (χ2n) is 5.23. The number of hydrogen-bond acceptors (Lipinski definition) is 3. The van der Waals surface area contributed by atoms with Gasteiger partial charge in [0.05, 0.1) is 6.04 Å². The monoisotopic (exact) mass is 274 g/mol. The molecule has 1 aromatic rings. The van der Waals surface area contributed by atoms with Gasteiger partial charge in [-0.25, -0.2) is 0 Å². The Morgan fingerprint density at radius 3 is 2.50 bits per heavy atom. The maximum absolute atomic E-state index is 11.8. The van der Waals surface area contributed by atoms with Gasteiger partial charge in [-0.15, -0.1) is 0 Å². The van der Waals surface area contributed by atoms with Crippen molar-refractivity contribution in [3.8, 4) is 0 Å². The zero-order valence-electron chi connectivity index (χ0n) is 12.1. The molecule has 2 N–H and O–H groups in total. The topological polar surface area (TPSA) is 58.2 Å². The van der Waals surface area contributed by atoms with E-state index in [2.05, 4.69) is 48.7 Å². The van der Waals surface area contributed by atoms with E-state index in [-0.39, 0.29) is 23.9 Å². The van der Waals surface area contributed by atoms with Crippen molar-refractivity contribution in [2.45, 2.75) is 51.6 Å². The van der Waals surface area contributed by atoms with E-state index < -0.39 is 0 Å². The zero-order chi connectivity index (χ0) is 14.5. The van der Waals surface area contributed by atoms with E-state index in [1.807, 2.05) is 0 Å². The first kappa shape index (κ1) is 14.7. The van der Waals surface area contributed by atoms with Gasteiger partial charge in [0, 0.05) is 12.5 Å². The molecule has 0 radical (unpaired) electrons. The summed E-state index contributed by atoms with van der Waals surface area (Å²) in [6.45, 7) is 4.23. The fraction of sp³-hybridized carbons (Fsp3) is 0.500. The molecule has 108 valence electrons. The number of piperidine rings is 1. The van der Waals surface area contributed by atoms with Crippen molar-refractivity contribution in [1.82, 2.24) is 10.6 Å². The minimum absolute atomic E-state index is 0.143. The lowest BCUT2D eigenvalue weighted by Crippen LogP contribution is -2.51. The minimum Gasteiger partial charge on any atom is -0.299 e. The third kappa shape index (κ3) is 3.45. The Balaban J connectivity index is 2.04. The number of amides is 2. The van der Waals surface area contributed by atoms with Crippen LogP contribution in [0.2, 0.25) is 0 Å². The molecule has 1 fully saturated rings. The van der Waals surface area contributed by atoms with Gasteiger partial charge in [-0.1, -0.05) is 38.1 Å². The Bertz CT molecular complexity index is 482. The summed E-state index contributed by atoms with van der Waals surface area (Å²) in [4.78, 5) is 22.9. The standard InChI is InChI=1S/C16H22N2O2/c1-3-11-5-7-12(8-6-11)13(4-2)17-14-9-10-15(19)18-16(14)20/h5-8,13-14,17H,3-4,9-10H2,1-2H3,(H,18,19,20). The van der Waals surface area contributed by atoms with Crippen molar-refractivity contribution >= 4 is 11.8 Å². The Morgan fingerprint density at radius 1 is 1.25 bits per heavy atom. The molecule has 4 heteroatoms. The molecule has 0 aliphatic carbocycles. The molecule has 4 nitrogen and oxygen atoms in total. The first-order valence-corrected chi connectivity index (χ1v) is 7.32. The van der Waals surface area contributed by atoms with Gasteiger partial charge in [0.25, 0.3) is 0 Å². The lowest BCUT2D eigenvalue weighted by molar-refractivity contribution is -0.134. The van der Waals surface area contributed by atoms with Gasteiger partial charge in [-0.2, -0.15) is 0 Å². The average molecular weight is 274 g/mol. The molecule has 0 saturated carbocycles. The van der Waals surface area contributed by atoms with Crippen LogP contribution in [0.15, 0.2) is 24.3 Å². The number of rotatable bonds is 5. The van der Waals surface area contributed by atoms with Crippen LogP contribution in [0.3, 0.4) is 0 Å². The van der Waals surface area contributed by atoms with Crippen LogP contribution in [0.5, 0.6) is 0 Å². The highest BCUT2D eigenvalue weighted by atomic mass is 16.2. The van der Waals surface area contributed by atoms with Crippen LogP contribution in [-0.4, -0.2) is 17.9 Å². The molecule has 1 heterocycles. The van der Waals surface area contributed by atoms with Gasteiger partial charge in [-0.3, -0.25) is 20.2 Å². The zero-order valence-corrected chi connectivity index (χ0v) is 12.1. The molecule has 1 aliphatic rings. The SMILES string of the molecule is CCc1ccc(C(CC)NC2CCC(=O)NC2=O)cc1. The Labute approximate surface area is 119 Å². The molecule has 0 bridgehead atoms. The molecule has 20 heavy (non-hydrogen) atoms. The van der Waals surface area contributed by atoms with E-state index in [4.69, 9.17) is 0 Å². The highest BCUT2D eigenvalue weighted by Crippen LogP contribution is 2.20. The van der Waals surface area contributed by atoms with Crippen molar-refractivity contribution in [2.24, 2.45) is 0 Å². The van der Waals surface area contributed by atoms with Gasteiger partial charge in [-0.05, 0) is 30.4 Å². The second-order valence-corrected chi connectivity index (χ2v) is 5.23. The lowest BCUT2D eigenvalue weighted by Gasteiger charge is -2.27. The van der Waals surface area contributed by atoms with Crippen molar-refractivity contribution < 1.29 is 9.59 Å². The average Bonchev–Trinajstić information content (AvgIpc) is 2.47. The summed E-state index contributed by atoms with van der Waals surface area (Å²) in [5.74, 6) is -0.377. The molecular formula is C16H22N2O2. The largest absolute Gasteiger partial charge is 0.299 e. The molecule has 1 aliphatic heterocycles.